The van der Waals surface area contributed by atoms with Crippen molar-refractivity contribution in [3.05, 3.63) is 0 Å². The Kier molecular flexibility index (Phi) is 4.94. The minimum absolute atomic E-state index is 0.507. The molecule has 2 saturated carbocycles. The van der Waals surface area contributed by atoms with Crippen molar-refractivity contribution >= 4 is 55.1 Å². The van der Waals surface area contributed by atoms with E-state index in [2.05, 4.69) is 31.9 Å². The first-order valence-corrected chi connectivity index (χ1v) is 9.30. The topological polar surface area (TPSA) is 52.0 Å². The molecule has 0 aromatic rings. The molecule has 2 aliphatic rings. The van der Waals surface area contributed by atoms with Crippen molar-refractivity contribution in [1.29, 1.82) is 0 Å². The molecule has 2 aliphatic carbocycles. The Morgan fingerprint density at radius 2 is 1.05 bits per heavy atom. The summed E-state index contributed by atoms with van der Waals surface area (Å²) in [7, 11) is 0. The molecule has 2 rings (SSSR count). The predicted octanol–water partition coefficient (Wildman–Crippen LogP) is 4.58. The second-order valence-corrected chi connectivity index (χ2v) is 11.2. The van der Waals surface area contributed by atoms with Gasteiger partial charge in [-0.3, -0.25) is 0 Å². The molecule has 19 heavy (non-hydrogen) atoms. The fourth-order valence-corrected chi connectivity index (χ4v) is 5.26. The van der Waals surface area contributed by atoms with Crippen LogP contribution in [0, 0.1) is 0 Å². The maximum Gasteiger partial charge on any atom is 0.117 e. The van der Waals surface area contributed by atoms with Gasteiger partial charge in [0.2, 0.25) is 0 Å². The van der Waals surface area contributed by atoms with E-state index in [1.165, 1.54) is 0 Å². The largest absolute Gasteiger partial charge is 0.323 e. The van der Waals surface area contributed by atoms with Gasteiger partial charge in [0.15, 0.2) is 0 Å². The van der Waals surface area contributed by atoms with E-state index in [4.69, 9.17) is 34.7 Å². The lowest BCUT2D eigenvalue weighted by Gasteiger charge is -2.53. The van der Waals surface area contributed by atoms with Crippen molar-refractivity contribution in [2.45, 2.75) is 76.4 Å². The van der Waals surface area contributed by atoms with Crippen molar-refractivity contribution in [3.63, 3.8) is 0 Å². The van der Waals surface area contributed by atoms with E-state index < -0.39 is 18.6 Å². The fourth-order valence-electron chi connectivity index (χ4n) is 3.44. The highest BCUT2D eigenvalue weighted by molar-refractivity contribution is 9.10. The lowest BCUT2D eigenvalue weighted by atomic mass is 9.69. The molecule has 112 valence electrons. The van der Waals surface area contributed by atoms with Crippen molar-refractivity contribution in [1.82, 2.24) is 0 Å². The van der Waals surface area contributed by atoms with Crippen LogP contribution in [0.5, 0.6) is 0 Å². The Hall–Kier alpha value is 1.46. The standard InChI is InChI=1S/C13H22Br2Cl2N2/c14-12(16)7-3-1-5-10(12,18)9-11(19)6-2-4-8-13(11,15)17/h1-9,18-19H2. The number of rotatable bonds is 2. The number of alkyl halides is 4. The maximum absolute atomic E-state index is 6.64. The molecule has 0 aliphatic heterocycles. The molecular formula is C13H22Br2Cl2N2. The van der Waals surface area contributed by atoms with Crippen LogP contribution in [-0.4, -0.2) is 18.6 Å². The summed E-state index contributed by atoms with van der Waals surface area (Å²) in [6.45, 7) is 0. The zero-order chi connectivity index (χ0) is 14.4. The highest BCUT2D eigenvalue weighted by Gasteiger charge is 2.56. The van der Waals surface area contributed by atoms with Gasteiger partial charge in [0.25, 0.3) is 0 Å². The van der Waals surface area contributed by atoms with Crippen molar-refractivity contribution < 1.29 is 0 Å². The van der Waals surface area contributed by atoms with Crippen LogP contribution in [0.2, 0.25) is 0 Å². The van der Waals surface area contributed by atoms with Crippen LogP contribution in [0.4, 0.5) is 0 Å². The van der Waals surface area contributed by atoms with Crippen molar-refractivity contribution in [2.24, 2.45) is 11.5 Å². The molecule has 0 aromatic heterocycles. The Morgan fingerprint density at radius 3 is 1.37 bits per heavy atom. The number of hydrogen-bond donors (Lipinski definition) is 2. The van der Waals surface area contributed by atoms with Gasteiger partial charge in [-0.25, -0.2) is 0 Å². The molecule has 2 fully saturated rings. The van der Waals surface area contributed by atoms with Gasteiger partial charge in [0.05, 0.1) is 0 Å². The minimum Gasteiger partial charge on any atom is -0.323 e. The average molecular weight is 437 g/mol. The first-order valence-electron chi connectivity index (χ1n) is 6.95. The van der Waals surface area contributed by atoms with Gasteiger partial charge in [0.1, 0.15) is 7.57 Å². The molecule has 0 bridgehead atoms. The maximum atomic E-state index is 6.64. The Morgan fingerprint density at radius 1 is 0.737 bits per heavy atom. The zero-order valence-electron chi connectivity index (χ0n) is 11.0. The van der Waals surface area contributed by atoms with Crippen molar-refractivity contribution in [3.8, 4) is 0 Å². The summed E-state index contributed by atoms with van der Waals surface area (Å²) < 4.78 is -1.13. The van der Waals surface area contributed by atoms with Gasteiger partial charge in [0, 0.05) is 11.1 Å². The average Bonchev–Trinajstić information content (AvgIpc) is 2.27. The molecule has 4 atom stereocenters. The van der Waals surface area contributed by atoms with E-state index in [9.17, 15) is 0 Å². The third kappa shape index (κ3) is 3.14. The normalized spacial score (nSPS) is 52.1. The van der Waals surface area contributed by atoms with E-state index in [0.717, 1.165) is 51.4 Å². The van der Waals surface area contributed by atoms with Gasteiger partial charge < -0.3 is 11.5 Å². The number of halogens is 4. The number of hydrogen-bond acceptors (Lipinski definition) is 2. The quantitative estimate of drug-likeness (QED) is 0.622. The molecule has 0 amide bonds. The molecule has 2 nitrogen and oxygen atoms in total. The summed E-state index contributed by atoms with van der Waals surface area (Å²) in [5.41, 5.74) is 12.3. The smallest absolute Gasteiger partial charge is 0.117 e. The molecule has 0 saturated heterocycles. The summed E-state index contributed by atoms with van der Waals surface area (Å²) in [5.74, 6) is 0. The van der Waals surface area contributed by atoms with Crippen LogP contribution in [0.1, 0.15) is 57.8 Å². The third-order valence-corrected chi connectivity index (χ3v) is 8.32. The van der Waals surface area contributed by atoms with Crippen LogP contribution < -0.4 is 11.5 Å². The molecule has 0 heterocycles. The first-order chi connectivity index (χ1) is 8.62. The molecule has 4 unspecified atom stereocenters. The van der Waals surface area contributed by atoms with E-state index in [1.807, 2.05) is 0 Å². The highest BCUT2D eigenvalue weighted by atomic mass is 79.9. The van der Waals surface area contributed by atoms with E-state index in [1.54, 1.807) is 0 Å². The van der Waals surface area contributed by atoms with Gasteiger partial charge in [-0.1, -0.05) is 57.5 Å². The summed E-state index contributed by atoms with van der Waals surface area (Å²) in [6, 6.07) is 0. The molecule has 6 heteroatoms. The predicted molar refractivity (Wildman–Crippen MR) is 90.4 cm³/mol. The lowest BCUT2D eigenvalue weighted by Crippen LogP contribution is -2.66. The Labute approximate surface area is 142 Å². The van der Waals surface area contributed by atoms with Gasteiger partial charge in [-0.15, -0.1) is 23.2 Å². The third-order valence-electron chi connectivity index (χ3n) is 4.82. The summed E-state index contributed by atoms with van der Waals surface area (Å²) in [4.78, 5) is 0. The summed E-state index contributed by atoms with van der Waals surface area (Å²) in [5, 5.41) is 0. The van der Waals surface area contributed by atoms with Gasteiger partial charge >= 0.3 is 0 Å². The van der Waals surface area contributed by atoms with E-state index in [0.29, 0.717) is 6.42 Å². The summed E-state index contributed by atoms with van der Waals surface area (Å²) >= 11 is 20.5. The molecular weight excluding hydrogens is 415 g/mol. The van der Waals surface area contributed by atoms with Gasteiger partial charge in [-0.05, 0) is 32.1 Å². The zero-order valence-corrected chi connectivity index (χ0v) is 15.7. The molecule has 0 aromatic carbocycles. The van der Waals surface area contributed by atoms with Crippen LogP contribution in [0.3, 0.4) is 0 Å². The summed E-state index contributed by atoms with van der Waals surface area (Å²) in [6.07, 6.45) is 8.58. The molecule has 0 radical (unpaired) electrons. The Bertz CT molecular complexity index is 320. The van der Waals surface area contributed by atoms with Crippen LogP contribution in [0.25, 0.3) is 0 Å². The van der Waals surface area contributed by atoms with E-state index >= 15 is 0 Å². The Balaban J connectivity index is 2.22. The van der Waals surface area contributed by atoms with Crippen molar-refractivity contribution in [2.75, 3.05) is 0 Å². The van der Waals surface area contributed by atoms with E-state index in [-0.39, 0.29) is 0 Å². The van der Waals surface area contributed by atoms with Gasteiger partial charge in [-0.2, -0.15) is 0 Å². The minimum atomic E-state index is -0.567. The SMILES string of the molecule is NC1(CC2(N)CCCCC2(Cl)Br)CCCCC1(Cl)Br. The monoisotopic (exact) mass is 434 g/mol. The first kappa shape index (κ1) is 16.8. The second kappa shape index (κ2) is 5.58. The second-order valence-electron chi connectivity index (χ2n) is 6.31. The van der Waals surface area contributed by atoms with Crippen LogP contribution in [-0.2, 0) is 0 Å². The number of nitrogens with two attached hydrogens (primary N) is 2. The highest BCUT2D eigenvalue weighted by Crippen LogP contribution is 2.54. The molecule has 0 spiro atoms. The fraction of sp³-hybridized carbons (Fsp3) is 1.00. The van der Waals surface area contributed by atoms with Crippen LogP contribution in [0.15, 0.2) is 0 Å². The molecule has 4 N–H and O–H groups in total. The van der Waals surface area contributed by atoms with Crippen LogP contribution >= 0.6 is 55.1 Å². The lowest BCUT2D eigenvalue weighted by molar-refractivity contribution is 0.170.